The van der Waals surface area contributed by atoms with Crippen LogP contribution in [-0.2, 0) is 19.1 Å². The maximum Gasteiger partial charge on any atom is 0.306 e. The van der Waals surface area contributed by atoms with Gasteiger partial charge in [0.15, 0.2) is 6.61 Å². The van der Waals surface area contributed by atoms with E-state index >= 15 is 0 Å². The topological polar surface area (TPSA) is 84.5 Å². The Morgan fingerprint density at radius 2 is 1.48 bits per heavy atom. The largest absolute Gasteiger partial charge is 0.456 e. The molecular formula is C21H22Cl2N2O4. The predicted octanol–water partition coefficient (Wildman–Crippen LogP) is 4.90. The molecule has 0 aromatic heterocycles. The van der Waals surface area contributed by atoms with Crippen LogP contribution in [0, 0.1) is 13.8 Å². The average Bonchev–Trinajstić information content (AvgIpc) is 2.62. The van der Waals surface area contributed by atoms with Crippen LogP contribution in [0.2, 0.25) is 10.0 Å². The average molecular weight is 437 g/mol. The lowest BCUT2D eigenvalue weighted by atomic mass is 10.1. The Bertz CT molecular complexity index is 895. The van der Waals surface area contributed by atoms with E-state index in [1.807, 2.05) is 32.0 Å². The molecule has 0 saturated carbocycles. The molecule has 0 aliphatic rings. The molecule has 0 fully saturated rings. The molecule has 2 aromatic rings. The number of halogens is 2. The van der Waals surface area contributed by atoms with Crippen LogP contribution >= 0.6 is 23.2 Å². The number of anilines is 2. The molecule has 0 radical (unpaired) electrons. The van der Waals surface area contributed by atoms with E-state index in [0.29, 0.717) is 27.8 Å². The summed E-state index contributed by atoms with van der Waals surface area (Å²) in [6, 6.07) is 10.4. The molecule has 0 saturated heterocycles. The Labute approximate surface area is 179 Å². The van der Waals surface area contributed by atoms with Gasteiger partial charge < -0.3 is 15.4 Å². The minimum atomic E-state index is -0.539. The monoisotopic (exact) mass is 436 g/mol. The van der Waals surface area contributed by atoms with Gasteiger partial charge >= 0.3 is 5.97 Å². The van der Waals surface area contributed by atoms with E-state index < -0.39 is 11.9 Å². The molecule has 0 atom stereocenters. The minimum absolute atomic E-state index is 0.0334. The van der Waals surface area contributed by atoms with Crippen molar-refractivity contribution < 1.29 is 19.1 Å². The first-order valence-corrected chi connectivity index (χ1v) is 9.77. The zero-order valence-electron chi connectivity index (χ0n) is 16.2. The smallest absolute Gasteiger partial charge is 0.306 e. The zero-order chi connectivity index (χ0) is 21.4. The summed E-state index contributed by atoms with van der Waals surface area (Å²) in [4.78, 5) is 35.6. The van der Waals surface area contributed by atoms with Crippen LogP contribution in [0.4, 0.5) is 11.4 Å². The Balaban J connectivity index is 1.66. The Morgan fingerprint density at radius 1 is 0.828 bits per heavy atom. The van der Waals surface area contributed by atoms with E-state index in [2.05, 4.69) is 10.6 Å². The molecule has 2 aromatic carbocycles. The van der Waals surface area contributed by atoms with E-state index in [1.165, 1.54) is 0 Å². The number of carbonyl (C=O) groups excluding carboxylic acids is 3. The molecule has 2 amide bonds. The molecule has 0 spiro atoms. The van der Waals surface area contributed by atoms with Gasteiger partial charge in [-0.25, -0.2) is 0 Å². The Morgan fingerprint density at radius 3 is 2.14 bits per heavy atom. The summed E-state index contributed by atoms with van der Waals surface area (Å²) in [6.07, 6.45) is 0.459. The molecular weight excluding hydrogens is 415 g/mol. The van der Waals surface area contributed by atoms with E-state index in [0.717, 1.165) is 11.1 Å². The lowest BCUT2D eigenvalue weighted by molar-refractivity contribution is -0.147. The number of ether oxygens (including phenoxy) is 1. The second-order valence-electron chi connectivity index (χ2n) is 6.62. The summed E-state index contributed by atoms with van der Waals surface area (Å²) in [5.41, 5.74) is 3.23. The molecule has 0 unspecified atom stereocenters. The standard InChI is InChI=1S/C21H22Cl2N2O4/c1-13-8-14(2)10-16(9-13)25-20(27)12-29-21(28)5-3-4-19(26)24-15-6-7-17(22)18(23)11-15/h6-11H,3-5,12H2,1-2H3,(H,24,26)(H,25,27). The summed E-state index contributed by atoms with van der Waals surface area (Å²) < 4.78 is 4.95. The molecule has 0 heterocycles. The van der Waals surface area contributed by atoms with Gasteiger partial charge in [-0.1, -0.05) is 29.3 Å². The van der Waals surface area contributed by atoms with Crippen molar-refractivity contribution in [3.63, 3.8) is 0 Å². The molecule has 0 bridgehead atoms. The number of carbonyl (C=O) groups is 3. The number of benzene rings is 2. The first-order valence-electron chi connectivity index (χ1n) is 9.01. The number of amides is 2. The van der Waals surface area contributed by atoms with Crippen LogP contribution in [0.5, 0.6) is 0 Å². The van der Waals surface area contributed by atoms with Crippen LogP contribution in [0.3, 0.4) is 0 Å². The molecule has 6 nitrogen and oxygen atoms in total. The highest BCUT2D eigenvalue weighted by Crippen LogP contribution is 2.25. The Kier molecular flexibility index (Phi) is 8.49. The third-order valence-corrected chi connectivity index (χ3v) is 4.60. The lowest BCUT2D eigenvalue weighted by Crippen LogP contribution is -2.21. The highest BCUT2D eigenvalue weighted by Gasteiger charge is 2.10. The van der Waals surface area contributed by atoms with Gasteiger partial charge in [0, 0.05) is 24.2 Å². The van der Waals surface area contributed by atoms with Crippen molar-refractivity contribution in [3.8, 4) is 0 Å². The molecule has 2 N–H and O–H groups in total. The van der Waals surface area contributed by atoms with Crippen molar-refractivity contribution in [2.45, 2.75) is 33.1 Å². The fraction of sp³-hybridized carbons (Fsp3) is 0.286. The summed E-state index contributed by atoms with van der Waals surface area (Å²) in [6.45, 7) is 3.49. The van der Waals surface area contributed by atoms with Gasteiger partial charge in [0.1, 0.15) is 0 Å². The van der Waals surface area contributed by atoms with Gasteiger partial charge in [0.05, 0.1) is 10.0 Å². The van der Waals surface area contributed by atoms with Crippen LogP contribution < -0.4 is 10.6 Å². The van der Waals surface area contributed by atoms with Gasteiger partial charge in [0.2, 0.25) is 5.91 Å². The van der Waals surface area contributed by atoms with E-state index in [-0.39, 0.29) is 25.4 Å². The number of esters is 1. The maximum atomic E-state index is 11.9. The maximum absolute atomic E-state index is 11.9. The summed E-state index contributed by atoms with van der Waals surface area (Å²) in [7, 11) is 0. The van der Waals surface area contributed by atoms with Crippen molar-refractivity contribution in [1.82, 2.24) is 0 Å². The first kappa shape index (κ1) is 22.7. The van der Waals surface area contributed by atoms with Crippen LogP contribution in [0.25, 0.3) is 0 Å². The van der Waals surface area contributed by atoms with Gasteiger partial charge in [-0.15, -0.1) is 0 Å². The quantitative estimate of drug-likeness (QED) is 0.576. The van der Waals surface area contributed by atoms with Gasteiger partial charge in [0.25, 0.3) is 5.91 Å². The van der Waals surface area contributed by atoms with Crippen LogP contribution in [-0.4, -0.2) is 24.4 Å². The fourth-order valence-corrected chi connectivity index (χ4v) is 2.95. The number of aryl methyl sites for hydroxylation is 2. The molecule has 0 aliphatic heterocycles. The van der Waals surface area contributed by atoms with E-state index in [9.17, 15) is 14.4 Å². The first-order chi connectivity index (χ1) is 13.7. The van der Waals surface area contributed by atoms with Crippen molar-refractivity contribution in [2.24, 2.45) is 0 Å². The van der Waals surface area contributed by atoms with Crippen molar-refractivity contribution in [2.75, 3.05) is 17.2 Å². The SMILES string of the molecule is Cc1cc(C)cc(NC(=O)COC(=O)CCCC(=O)Nc2ccc(Cl)c(Cl)c2)c1. The number of hydrogen-bond acceptors (Lipinski definition) is 4. The molecule has 0 aliphatic carbocycles. The molecule has 29 heavy (non-hydrogen) atoms. The second kappa shape index (κ2) is 10.8. The molecule has 154 valence electrons. The van der Waals surface area contributed by atoms with Gasteiger partial charge in [-0.05, 0) is 61.7 Å². The number of hydrogen-bond donors (Lipinski definition) is 2. The third kappa shape index (κ3) is 8.13. The van der Waals surface area contributed by atoms with Crippen LogP contribution in [0.1, 0.15) is 30.4 Å². The normalized spacial score (nSPS) is 10.3. The summed E-state index contributed by atoms with van der Waals surface area (Å²) in [5.74, 6) is -1.22. The van der Waals surface area contributed by atoms with E-state index in [1.54, 1.807) is 18.2 Å². The van der Waals surface area contributed by atoms with Crippen molar-refractivity contribution in [3.05, 3.63) is 57.6 Å². The Hall–Kier alpha value is -2.57. The zero-order valence-corrected chi connectivity index (χ0v) is 17.7. The second-order valence-corrected chi connectivity index (χ2v) is 7.43. The number of nitrogens with one attached hydrogen (secondary N) is 2. The predicted molar refractivity (Wildman–Crippen MR) is 114 cm³/mol. The van der Waals surface area contributed by atoms with Gasteiger partial charge in [-0.2, -0.15) is 0 Å². The minimum Gasteiger partial charge on any atom is -0.456 e. The third-order valence-electron chi connectivity index (χ3n) is 3.86. The van der Waals surface area contributed by atoms with Crippen molar-refractivity contribution in [1.29, 1.82) is 0 Å². The highest BCUT2D eigenvalue weighted by atomic mass is 35.5. The van der Waals surface area contributed by atoms with Gasteiger partial charge in [-0.3, -0.25) is 14.4 Å². The fourth-order valence-electron chi connectivity index (χ4n) is 2.65. The lowest BCUT2D eigenvalue weighted by Gasteiger charge is -2.09. The number of rotatable bonds is 8. The summed E-state index contributed by atoms with van der Waals surface area (Å²) in [5, 5.41) is 6.10. The molecule has 8 heteroatoms. The van der Waals surface area contributed by atoms with Crippen LogP contribution in [0.15, 0.2) is 36.4 Å². The van der Waals surface area contributed by atoms with E-state index in [4.69, 9.17) is 27.9 Å². The highest BCUT2D eigenvalue weighted by molar-refractivity contribution is 6.42. The van der Waals surface area contributed by atoms with Crippen molar-refractivity contribution >= 4 is 52.4 Å². The summed E-state index contributed by atoms with van der Waals surface area (Å²) >= 11 is 11.7. The molecule has 2 rings (SSSR count).